The lowest BCUT2D eigenvalue weighted by Crippen LogP contribution is -2.30. The summed E-state index contributed by atoms with van der Waals surface area (Å²) in [5.41, 5.74) is 3.36. The van der Waals surface area contributed by atoms with Gasteiger partial charge in [-0.3, -0.25) is 9.59 Å². The van der Waals surface area contributed by atoms with Crippen LogP contribution in [0.25, 0.3) is 0 Å². The van der Waals surface area contributed by atoms with Crippen molar-refractivity contribution >= 4 is 23.3 Å². The third-order valence-corrected chi connectivity index (χ3v) is 4.04. The first-order chi connectivity index (χ1) is 11.8. The van der Waals surface area contributed by atoms with Crippen LogP contribution < -0.4 is 5.32 Å². The summed E-state index contributed by atoms with van der Waals surface area (Å²) < 4.78 is 5.26. The maximum atomic E-state index is 12.3. The Hall–Kier alpha value is -2.95. The van der Waals surface area contributed by atoms with Gasteiger partial charge in [-0.15, -0.1) is 0 Å². The molecule has 130 valence electrons. The summed E-state index contributed by atoms with van der Waals surface area (Å²) in [7, 11) is 0. The Morgan fingerprint density at radius 2 is 1.64 bits per heavy atom. The second-order valence-electron chi connectivity index (χ2n) is 5.92. The van der Waals surface area contributed by atoms with Gasteiger partial charge in [0.05, 0.1) is 5.56 Å². The van der Waals surface area contributed by atoms with Crippen molar-refractivity contribution in [2.45, 2.75) is 33.8 Å². The monoisotopic (exact) mass is 339 g/mol. The zero-order valence-corrected chi connectivity index (χ0v) is 14.8. The van der Waals surface area contributed by atoms with Crippen molar-refractivity contribution in [3.8, 4) is 0 Å². The number of benzene rings is 2. The average molecular weight is 339 g/mol. The molecule has 0 bridgehead atoms. The SMILES string of the molecule is CC(=O)c1ccc(NC(=O)[C@@H](C)OC(=O)c2cccc(C)c2C)cc1. The third-order valence-electron chi connectivity index (χ3n) is 4.04. The minimum Gasteiger partial charge on any atom is -0.449 e. The van der Waals surface area contributed by atoms with Gasteiger partial charge in [-0.1, -0.05) is 12.1 Å². The molecular formula is C20H21NO4. The summed E-state index contributed by atoms with van der Waals surface area (Å²) in [6.45, 7) is 6.74. The van der Waals surface area contributed by atoms with E-state index in [1.165, 1.54) is 13.8 Å². The lowest BCUT2D eigenvalue weighted by atomic mass is 10.0. The molecule has 0 spiro atoms. The molecule has 0 heterocycles. The van der Waals surface area contributed by atoms with E-state index in [9.17, 15) is 14.4 Å². The van der Waals surface area contributed by atoms with Crippen molar-refractivity contribution < 1.29 is 19.1 Å². The van der Waals surface area contributed by atoms with E-state index in [0.29, 0.717) is 16.8 Å². The zero-order valence-electron chi connectivity index (χ0n) is 14.8. The van der Waals surface area contributed by atoms with Crippen molar-refractivity contribution in [1.82, 2.24) is 0 Å². The number of nitrogens with one attached hydrogen (secondary N) is 1. The average Bonchev–Trinajstić information content (AvgIpc) is 2.57. The van der Waals surface area contributed by atoms with E-state index < -0.39 is 18.0 Å². The van der Waals surface area contributed by atoms with E-state index in [4.69, 9.17) is 4.74 Å². The first-order valence-electron chi connectivity index (χ1n) is 7.98. The molecule has 1 amide bonds. The molecule has 0 unspecified atom stereocenters. The molecule has 0 saturated heterocycles. The highest BCUT2D eigenvalue weighted by Crippen LogP contribution is 2.15. The van der Waals surface area contributed by atoms with Crippen molar-refractivity contribution in [3.05, 3.63) is 64.7 Å². The smallest absolute Gasteiger partial charge is 0.339 e. The Morgan fingerprint density at radius 1 is 1.00 bits per heavy atom. The van der Waals surface area contributed by atoms with Crippen LogP contribution in [0.1, 0.15) is 45.7 Å². The van der Waals surface area contributed by atoms with Crippen LogP contribution in [-0.4, -0.2) is 23.8 Å². The van der Waals surface area contributed by atoms with Crippen LogP contribution in [0, 0.1) is 13.8 Å². The summed E-state index contributed by atoms with van der Waals surface area (Å²) in [5, 5.41) is 2.66. The predicted octanol–water partition coefficient (Wildman–Crippen LogP) is 3.69. The number of hydrogen-bond acceptors (Lipinski definition) is 4. The lowest BCUT2D eigenvalue weighted by molar-refractivity contribution is -0.123. The van der Waals surface area contributed by atoms with Crippen LogP contribution in [0.4, 0.5) is 5.69 Å². The molecule has 0 aliphatic rings. The maximum absolute atomic E-state index is 12.3. The molecule has 0 aliphatic carbocycles. The molecule has 2 rings (SSSR count). The number of esters is 1. The van der Waals surface area contributed by atoms with Crippen LogP contribution in [0.5, 0.6) is 0 Å². The number of rotatable bonds is 5. The minimum atomic E-state index is -0.945. The number of carbonyl (C=O) groups excluding carboxylic acids is 3. The molecule has 0 radical (unpaired) electrons. The summed E-state index contributed by atoms with van der Waals surface area (Å²) in [5.74, 6) is -1.02. The van der Waals surface area contributed by atoms with Gasteiger partial charge in [-0.05, 0) is 69.2 Å². The molecule has 0 fully saturated rings. The van der Waals surface area contributed by atoms with E-state index in [-0.39, 0.29) is 5.78 Å². The van der Waals surface area contributed by atoms with Gasteiger partial charge in [0.2, 0.25) is 0 Å². The van der Waals surface area contributed by atoms with E-state index in [0.717, 1.165) is 11.1 Å². The van der Waals surface area contributed by atoms with Gasteiger partial charge in [0.1, 0.15) is 0 Å². The molecule has 1 atom stereocenters. The number of amides is 1. The molecule has 2 aromatic rings. The number of anilines is 1. The molecule has 25 heavy (non-hydrogen) atoms. The topological polar surface area (TPSA) is 72.5 Å². The number of Topliss-reactive ketones (excluding diaryl/α,β-unsaturated/α-hetero) is 1. The molecule has 1 N–H and O–H groups in total. The molecule has 0 saturated carbocycles. The van der Waals surface area contributed by atoms with E-state index in [1.54, 1.807) is 36.4 Å². The van der Waals surface area contributed by atoms with E-state index in [2.05, 4.69) is 5.32 Å². The van der Waals surface area contributed by atoms with Crippen LogP contribution in [0.15, 0.2) is 42.5 Å². The number of ether oxygens (including phenoxy) is 1. The Balaban J connectivity index is 2.01. The Bertz CT molecular complexity index is 809. The number of aryl methyl sites for hydroxylation is 1. The molecule has 2 aromatic carbocycles. The summed E-state index contributed by atoms with van der Waals surface area (Å²) in [6.07, 6.45) is -0.945. The van der Waals surface area contributed by atoms with Crippen LogP contribution in [0.2, 0.25) is 0 Å². The van der Waals surface area contributed by atoms with Crippen molar-refractivity contribution in [2.75, 3.05) is 5.32 Å². The van der Waals surface area contributed by atoms with Crippen LogP contribution in [-0.2, 0) is 9.53 Å². The largest absolute Gasteiger partial charge is 0.449 e. The Labute approximate surface area is 147 Å². The highest BCUT2D eigenvalue weighted by molar-refractivity contribution is 5.98. The molecule has 0 aliphatic heterocycles. The molecule has 5 nitrogen and oxygen atoms in total. The number of ketones is 1. The second kappa shape index (κ2) is 7.75. The highest BCUT2D eigenvalue weighted by Gasteiger charge is 2.20. The van der Waals surface area contributed by atoms with Gasteiger partial charge in [-0.2, -0.15) is 0 Å². The van der Waals surface area contributed by atoms with Crippen molar-refractivity contribution in [2.24, 2.45) is 0 Å². The van der Waals surface area contributed by atoms with Gasteiger partial charge in [0.25, 0.3) is 5.91 Å². The summed E-state index contributed by atoms with van der Waals surface area (Å²) >= 11 is 0. The lowest BCUT2D eigenvalue weighted by Gasteiger charge is -2.15. The standard InChI is InChI=1S/C20H21NO4/c1-12-6-5-7-18(13(12)2)20(24)25-15(4)19(23)21-17-10-8-16(9-11-17)14(3)22/h5-11,15H,1-4H3,(H,21,23)/t15-/m1/s1. The van der Waals surface area contributed by atoms with Crippen LogP contribution in [0.3, 0.4) is 0 Å². The molecular weight excluding hydrogens is 318 g/mol. The van der Waals surface area contributed by atoms with Crippen molar-refractivity contribution in [1.29, 1.82) is 0 Å². The van der Waals surface area contributed by atoms with E-state index >= 15 is 0 Å². The van der Waals surface area contributed by atoms with Gasteiger partial charge in [0, 0.05) is 11.3 Å². The fourth-order valence-electron chi connectivity index (χ4n) is 2.28. The van der Waals surface area contributed by atoms with Crippen LogP contribution >= 0.6 is 0 Å². The summed E-state index contributed by atoms with van der Waals surface area (Å²) in [4.78, 5) is 35.7. The fourth-order valence-corrected chi connectivity index (χ4v) is 2.28. The van der Waals surface area contributed by atoms with Gasteiger partial charge < -0.3 is 10.1 Å². The van der Waals surface area contributed by atoms with Gasteiger partial charge >= 0.3 is 5.97 Å². The third kappa shape index (κ3) is 4.53. The zero-order chi connectivity index (χ0) is 18.6. The first-order valence-corrected chi connectivity index (χ1v) is 7.98. The number of hydrogen-bond donors (Lipinski definition) is 1. The highest BCUT2D eigenvalue weighted by atomic mass is 16.5. The van der Waals surface area contributed by atoms with Gasteiger partial charge in [0.15, 0.2) is 11.9 Å². The quantitative estimate of drug-likeness (QED) is 0.666. The maximum Gasteiger partial charge on any atom is 0.339 e. The van der Waals surface area contributed by atoms with Gasteiger partial charge in [-0.25, -0.2) is 4.79 Å². The second-order valence-corrected chi connectivity index (χ2v) is 5.92. The van der Waals surface area contributed by atoms with E-state index in [1.807, 2.05) is 19.9 Å². The van der Waals surface area contributed by atoms with Crippen molar-refractivity contribution in [3.63, 3.8) is 0 Å². The number of carbonyl (C=O) groups is 3. The fraction of sp³-hybridized carbons (Fsp3) is 0.250. The normalized spacial score (nSPS) is 11.5. The Kier molecular flexibility index (Phi) is 5.70. The first kappa shape index (κ1) is 18.4. The molecule has 0 aromatic heterocycles. The minimum absolute atomic E-state index is 0.0475. The molecule has 5 heteroatoms. The summed E-state index contributed by atoms with van der Waals surface area (Å²) in [6, 6.07) is 11.9. The predicted molar refractivity (Wildman–Crippen MR) is 95.9 cm³/mol. The Morgan fingerprint density at radius 3 is 2.24 bits per heavy atom.